The van der Waals surface area contributed by atoms with Crippen LogP contribution in [-0.4, -0.2) is 31.7 Å². The van der Waals surface area contributed by atoms with Crippen molar-refractivity contribution >= 4 is 5.91 Å². The van der Waals surface area contributed by atoms with Crippen LogP contribution in [-0.2, 0) is 22.5 Å². The monoisotopic (exact) mass is 248 g/mol. The lowest BCUT2D eigenvalue weighted by Crippen LogP contribution is -2.48. The fourth-order valence-electron chi connectivity index (χ4n) is 2.15. The van der Waals surface area contributed by atoms with Crippen molar-refractivity contribution in [2.75, 3.05) is 19.8 Å². The van der Waals surface area contributed by atoms with Crippen molar-refractivity contribution in [2.45, 2.75) is 25.9 Å². The minimum absolute atomic E-state index is 0.0595. The molecule has 0 saturated heterocycles. The molecule has 1 aromatic carbocycles. The summed E-state index contributed by atoms with van der Waals surface area (Å²) in [5.74, 6) is 0.0595. The molecule has 0 radical (unpaired) electrons. The summed E-state index contributed by atoms with van der Waals surface area (Å²) >= 11 is 0. The number of benzene rings is 1. The predicted octanol–water partition coefficient (Wildman–Crippen LogP) is 0.854. The highest BCUT2D eigenvalue weighted by Gasteiger charge is 2.23. The van der Waals surface area contributed by atoms with Crippen LogP contribution in [0.4, 0.5) is 0 Å². The van der Waals surface area contributed by atoms with Crippen molar-refractivity contribution < 1.29 is 9.53 Å². The van der Waals surface area contributed by atoms with Crippen molar-refractivity contribution in [3.05, 3.63) is 35.4 Å². The molecule has 98 valence electrons. The second kappa shape index (κ2) is 6.52. The van der Waals surface area contributed by atoms with Gasteiger partial charge in [-0.2, -0.15) is 0 Å². The molecule has 2 rings (SSSR count). The SMILES string of the molecule is CCOCCNC(=O)[C@@H]1Cc2ccccc2CN1. The molecule has 1 aromatic rings. The van der Waals surface area contributed by atoms with Crippen molar-refractivity contribution in [1.82, 2.24) is 10.6 Å². The van der Waals surface area contributed by atoms with Gasteiger partial charge in [0.1, 0.15) is 0 Å². The summed E-state index contributed by atoms with van der Waals surface area (Å²) in [5.41, 5.74) is 2.55. The number of nitrogens with one attached hydrogen (secondary N) is 2. The first kappa shape index (κ1) is 13.1. The molecule has 4 nitrogen and oxygen atoms in total. The summed E-state index contributed by atoms with van der Waals surface area (Å²) in [6.07, 6.45) is 0.761. The van der Waals surface area contributed by atoms with Crippen LogP contribution in [0.3, 0.4) is 0 Å². The number of amides is 1. The molecule has 0 fully saturated rings. The van der Waals surface area contributed by atoms with Gasteiger partial charge in [-0.05, 0) is 24.5 Å². The number of fused-ring (bicyclic) bond motifs is 1. The van der Waals surface area contributed by atoms with Gasteiger partial charge in [0.05, 0.1) is 12.6 Å². The molecular weight excluding hydrogens is 228 g/mol. The zero-order valence-corrected chi connectivity index (χ0v) is 10.7. The van der Waals surface area contributed by atoms with Crippen molar-refractivity contribution in [2.24, 2.45) is 0 Å². The molecule has 0 aromatic heterocycles. The summed E-state index contributed by atoms with van der Waals surface area (Å²) in [6, 6.07) is 8.13. The molecule has 1 aliphatic heterocycles. The quantitative estimate of drug-likeness (QED) is 0.760. The van der Waals surface area contributed by atoms with Crippen LogP contribution in [0.25, 0.3) is 0 Å². The Morgan fingerprint density at radius 2 is 2.22 bits per heavy atom. The van der Waals surface area contributed by atoms with E-state index < -0.39 is 0 Å². The Morgan fingerprint density at radius 3 is 3.00 bits per heavy atom. The maximum atomic E-state index is 11.9. The molecule has 1 heterocycles. The fraction of sp³-hybridized carbons (Fsp3) is 0.500. The second-order valence-electron chi connectivity index (χ2n) is 4.39. The standard InChI is InChI=1S/C14H20N2O2/c1-2-18-8-7-15-14(17)13-9-11-5-3-4-6-12(11)10-16-13/h3-6,13,16H,2,7-10H2,1H3,(H,15,17)/t13-/m0/s1. The lowest BCUT2D eigenvalue weighted by atomic mass is 9.95. The molecule has 0 unspecified atom stereocenters. The third-order valence-corrected chi connectivity index (χ3v) is 3.15. The van der Waals surface area contributed by atoms with E-state index in [2.05, 4.69) is 22.8 Å². The summed E-state index contributed by atoms with van der Waals surface area (Å²) < 4.78 is 5.19. The normalized spacial score (nSPS) is 18.2. The predicted molar refractivity (Wildman–Crippen MR) is 70.3 cm³/mol. The average molecular weight is 248 g/mol. The topological polar surface area (TPSA) is 50.4 Å². The van der Waals surface area contributed by atoms with Crippen molar-refractivity contribution in [1.29, 1.82) is 0 Å². The van der Waals surface area contributed by atoms with Gasteiger partial charge >= 0.3 is 0 Å². The Bertz CT molecular complexity index is 407. The minimum atomic E-state index is -0.124. The molecule has 2 N–H and O–H groups in total. The highest BCUT2D eigenvalue weighted by molar-refractivity contribution is 5.82. The van der Waals surface area contributed by atoms with E-state index in [9.17, 15) is 4.79 Å². The van der Waals surface area contributed by atoms with Crippen molar-refractivity contribution in [3.8, 4) is 0 Å². The van der Waals surface area contributed by atoms with Gasteiger partial charge in [-0.25, -0.2) is 0 Å². The number of carbonyl (C=O) groups is 1. The fourth-order valence-corrected chi connectivity index (χ4v) is 2.15. The Morgan fingerprint density at radius 1 is 1.44 bits per heavy atom. The van der Waals surface area contributed by atoms with E-state index in [-0.39, 0.29) is 11.9 Å². The van der Waals surface area contributed by atoms with Crippen LogP contribution in [0.5, 0.6) is 0 Å². The molecule has 18 heavy (non-hydrogen) atoms. The summed E-state index contributed by atoms with van der Waals surface area (Å²) in [4.78, 5) is 11.9. The van der Waals surface area contributed by atoms with Crippen LogP contribution in [0.2, 0.25) is 0 Å². The number of hydrogen-bond donors (Lipinski definition) is 2. The summed E-state index contributed by atoms with van der Waals surface area (Å²) in [7, 11) is 0. The minimum Gasteiger partial charge on any atom is -0.380 e. The molecule has 1 aliphatic rings. The van der Waals surface area contributed by atoms with Gasteiger partial charge < -0.3 is 15.4 Å². The van der Waals surface area contributed by atoms with E-state index in [0.717, 1.165) is 13.0 Å². The summed E-state index contributed by atoms with van der Waals surface area (Å²) in [6.45, 7) is 4.55. The molecule has 0 spiro atoms. The maximum absolute atomic E-state index is 11.9. The van der Waals surface area contributed by atoms with Gasteiger partial charge in [0.15, 0.2) is 0 Å². The van der Waals surface area contributed by atoms with Crippen molar-refractivity contribution in [3.63, 3.8) is 0 Å². The molecule has 0 saturated carbocycles. The first-order valence-electron chi connectivity index (χ1n) is 6.47. The first-order valence-corrected chi connectivity index (χ1v) is 6.47. The highest BCUT2D eigenvalue weighted by atomic mass is 16.5. The van der Waals surface area contributed by atoms with E-state index in [1.165, 1.54) is 11.1 Å². The lowest BCUT2D eigenvalue weighted by molar-refractivity contribution is -0.123. The van der Waals surface area contributed by atoms with Crippen LogP contribution < -0.4 is 10.6 Å². The van der Waals surface area contributed by atoms with Gasteiger partial charge in [0.2, 0.25) is 5.91 Å². The average Bonchev–Trinajstić information content (AvgIpc) is 2.43. The van der Waals surface area contributed by atoms with Gasteiger partial charge in [-0.3, -0.25) is 4.79 Å². The Hall–Kier alpha value is -1.39. The largest absolute Gasteiger partial charge is 0.380 e. The summed E-state index contributed by atoms with van der Waals surface area (Å²) in [5, 5.41) is 6.15. The van der Waals surface area contributed by atoms with E-state index in [1.54, 1.807) is 0 Å². The number of carbonyl (C=O) groups excluding carboxylic acids is 1. The molecule has 0 bridgehead atoms. The molecule has 1 atom stereocenters. The Kier molecular flexibility index (Phi) is 4.73. The van der Waals surface area contributed by atoms with E-state index in [1.807, 2.05) is 19.1 Å². The van der Waals surface area contributed by atoms with Crippen LogP contribution in [0, 0.1) is 0 Å². The molecule has 0 aliphatic carbocycles. The Balaban J connectivity index is 1.83. The van der Waals surface area contributed by atoms with Gasteiger partial charge in [-0.1, -0.05) is 24.3 Å². The first-order chi connectivity index (χ1) is 8.81. The third kappa shape index (κ3) is 3.31. The van der Waals surface area contributed by atoms with Crippen LogP contribution in [0.15, 0.2) is 24.3 Å². The van der Waals surface area contributed by atoms with E-state index in [0.29, 0.717) is 19.8 Å². The molecule has 1 amide bonds. The van der Waals surface area contributed by atoms with Gasteiger partial charge in [-0.15, -0.1) is 0 Å². The zero-order chi connectivity index (χ0) is 12.8. The maximum Gasteiger partial charge on any atom is 0.237 e. The van der Waals surface area contributed by atoms with E-state index >= 15 is 0 Å². The third-order valence-electron chi connectivity index (χ3n) is 3.15. The van der Waals surface area contributed by atoms with E-state index in [4.69, 9.17) is 4.74 Å². The number of rotatable bonds is 5. The Labute approximate surface area is 108 Å². The van der Waals surface area contributed by atoms with Gasteiger partial charge in [0, 0.05) is 19.7 Å². The number of hydrogen-bond acceptors (Lipinski definition) is 3. The highest BCUT2D eigenvalue weighted by Crippen LogP contribution is 2.16. The second-order valence-corrected chi connectivity index (χ2v) is 4.39. The lowest BCUT2D eigenvalue weighted by Gasteiger charge is -2.25. The van der Waals surface area contributed by atoms with Crippen LogP contribution in [0.1, 0.15) is 18.1 Å². The number of ether oxygens (including phenoxy) is 1. The smallest absolute Gasteiger partial charge is 0.237 e. The zero-order valence-electron chi connectivity index (χ0n) is 10.7. The van der Waals surface area contributed by atoms with Gasteiger partial charge in [0.25, 0.3) is 0 Å². The van der Waals surface area contributed by atoms with Crippen LogP contribution >= 0.6 is 0 Å². The molecular formula is C14H20N2O2. The molecule has 4 heteroatoms.